The van der Waals surface area contributed by atoms with E-state index in [0.29, 0.717) is 35.6 Å². The van der Waals surface area contributed by atoms with Crippen molar-refractivity contribution in [1.82, 2.24) is 13.9 Å². The van der Waals surface area contributed by atoms with Crippen molar-refractivity contribution in [3.05, 3.63) is 52.8 Å². The standard InChI is InChI=1S/C21H22ClN5O3S/c1-4-27-19-8-7-16(31(29,30)26(2)3)12-18(19)25-20(27)9-10-21(28)24-15-6-5-14(13-23)17(22)11-15/h5-8,11-12H,4,9-10H2,1-3H3,(H,24,28). The quantitative estimate of drug-likeness (QED) is 0.582. The molecule has 0 bridgehead atoms. The number of carbonyl (C=O) groups excluding carboxylic acids is 1. The summed E-state index contributed by atoms with van der Waals surface area (Å²) in [5, 5.41) is 12.0. The third-order valence-corrected chi connectivity index (χ3v) is 6.97. The lowest BCUT2D eigenvalue weighted by atomic mass is 10.2. The minimum atomic E-state index is -3.56. The van der Waals surface area contributed by atoms with Crippen molar-refractivity contribution in [3.63, 3.8) is 0 Å². The molecule has 1 N–H and O–H groups in total. The molecule has 8 nitrogen and oxygen atoms in total. The van der Waals surface area contributed by atoms with Gasteiger partial charge < -0.3 is 9.88 Å². The first-order valence-electron chi connectivity index (χ1n) is 9.58. The molecule has 0 aliphatic carbocycles. The van der Waals surface area contributed by atoms with Crippen LogP contribution in [0.2, 0.25) is 5.02 Å². The normalized spacial score (nSPS) is 11.6. The van der Waals surface area contributed by atoms with Gasteiger partial charge in [0.25, 0.3) is 0 Å². The Morgan fingerprint density at radius 1 is 1.26 bits per heavy atom. The third-order valence-electron chi connectivity index (χ3n) is 4.84. The molecule has 10 heteroatoms. The molecular formula is C21H22ClN5O3S. The molecule has 0 radical (unpaired) electrons. The van der Waals surface area contributed by atoms with Crippen LogP contribution in [0.1, 0.15) is 24.7 Å². The molecule has 3 aromatic rings. The van der Waals surface area contributed by atoms with Crippen molar-refractivity contribution in [1.29, 1.82) is 5.26 Å². The average Bonchev–Trinajstić information content (AvgIpc) is 3.09. The fourth-order valence-corrected chi connectivity index (χ4v) is 4.35. The van der Waals surface area contributed by atoms with Gasteiger partial charge in [0.05, 0.1) is 26.5 Å². The molecule has 1 heterocycles. The Balaban J connectivity index is 1.79. The minimum Gasteiger partial charge on any atom is -0.328 e. The Morgan fingerprint density at radius 3 is 2.61 bits per heavy atom. The van der Waals surface area contributed by atoms with Crippen LogP contribution in [0.5, 0.6) is 0 Å². The van der Waals surface area contributed by atoms with Gasteiger partial charge in [0, 0.05) is 39.2 Å². The number of halogens is 1. The zero-order valence-corrected chi connectivity index (χ0v) is 19.0. The van der Waals surface area contributed by atoms with Gasteiger partial charge in [-0.15, -0.1) is 0 Å². The Morgan fingerprint density at radius 2 is 2.00 bits per heavy atom. The summed E-state index contributed by atoms with van der Waals surface area (Å²) < 4.78 is 27.9. The van der Waals surface area contributed by atoms with E-state index in [1.165, 1.54) is 20.2 Å². The van der Waals surface area contributed by atoms with Gasteiger partial charge in [-0.1, -0.05) is 11.6 Å². The van der Waals surface area contributed by atoms with Crippen molar-refractivity contribution < 1.29 is 13.2 Å². The Kier molecular flexibility index (Phi) is 6.65. The number of nitriles is 1. The Bertz CT molecular complexity index is 1290. The van der Waals surface area contributed by atoms with E-state index in [2.05, 4.69) is 10.3 Å². The monoisotopic (exact) mass is 459 g/mol. The fraction of sp³-hybridized carbons (Fsp3) is 0.286. The van der Waals surface area contributed by atoms with Crippen molar-refractivity contribution in [3.8, 4) is 6.07 Å². The number of anilines is 1. The SMILES string of the molecule is CCn1c(CCC(=O)Nc2ccc(C#N)c(Cl)c2)nc2cc(S(=O)(=O)N(C)C)ccc21. The number of nitrogens with one attached hydrogen (secondary N) is 1. The van der Waals surface area contributed by atoms with Gasteiger partial charge in [-0.2, -0.15) is 5.26 Å². The van der Waals surface area contributed by atoms with Crippen LogP contribution in [-0.2, 0) is 27.8 Å². The molecule has 31 heavy (non-hydrogen) atoms. The van der Waals surface area contributed by atoms with E-state index in [0.717, 1.165) is 9.82 Å². The van der Waals surface area contributed by atoms with Crippen LogP contribution in [0.3, 0.4) is 0 Å². The predicted octanol–water partition coefficient (Wildman–Crippen LogP) is 3.40. The summed E-state index contributed by atoms with van der Waals surface area (Å²) in [5.41, 5.74) is 2.23. The summed E-state index contributed by atoms with van der Waals surface area (Å²) in [7, 11) is -0.596. The maximum absolute atomic E-state index is 12.4. The predicted molar refractivity (Wildman–Crippen MR) is 119 cm³/mol. The number of rotatable bonds is 7. The lowest BCUT2D eigenvalue weighted by Gasteiger charge is -2.11. The highest BCUT2D eigenvalue weighted by Crippen LogP contribution is 2.23. The number of benzene rings is 2. The van der Waals surface area contributed by atoms with Crippen LogP contribution in [0.4, 0.5) is 5.69 Å². The van der Waals surface area contributed by atoms with Crippen molar-refractivity contribution in [2.75, 3.05) is 19.4 Å². The summed E-state index contributed by atoms with van der Waals surface area (Å²) in [6.07, 6.45) is 0.567. The topological polar surface area (TPSA) is 108 Å². The van der Waals surface area contributed by atoms with E-state index >= 15 is 0 Å². The van der Waals surface area contributed by atoms with E-state index in [1.807, 2.05) is 17.6 Å². The smallest absolute Gasteiger partial charge is 0.242 e. The second-order valence-corrected chi connectivity index (χ2v) is 9.62. The van der Waals surface area contributed by atoms with Crippen LogP contribution in [0.25, 0.3) is 11.0 Å². The first-order valence-corrected chi connectivity index (χ1v) is 11.4. The lowest BCUT2D eigenvalue weighted by molar-refractivity contribution is -0.116. The summed E-state index contributed by atoms with van der Waals surface area (Å²) >= 11 is 6.00. The number of hydrogen-bond acceptors (Lipinski definition) is 5. The van der Waals surface area contributed by atoms with Gasteiger partial charge in [0.2, 0.25) is 15.9 Å². The highest BCUT2D eigenvalue weighted by Gasteiger charge is 2.19. The Hall–Kier alpha value is -2.93. The van der Waals surface area contributed by atoms with Crippen LogP contribution in [-0.4, -0.2) is 42.3 Å². The number of carbonyl (C=O) groups is 1. The van der Waals surface area contributed by atoms with Gasteiger partial charge in [-0.05, 0) is 43.3 Å². The first-order chi connectivity index (χ1) is 14.7. The molecule has 0 fully saturated rings. The first kappa shape index (κ1) is 22.7. The van der Waals surface area contributed by atoms with Crippen LogP contribution in [0, 0.1) is 11.3 Å². The van der Waals surface area contributed by atoms with Crippen LogP contribution in [0.15, 0.2) is 41.3 Å². The number of sulfonamides is 1. The average molecular weight is 460 g/mol. The van der Waals surface area contributed by atoms with Crippen molar-refractivity contribution in [2.45, 2.75) is 31.2 Å². The fourth-order valence-electron chi connectivity index (χ4n) is 3.21. The third kappa shape index (κ3) is 4.71. The largest absolute Gasteiger partial charge is 0.328 e. The second-order valence-electron chi connectivity index (χ2n) is 7.06. The number of fused-ring (bicyclic) bond motifs is 1. The molecule has 0 spiro atoms. The van der Waals surface area contributed by atoms with Gasteiger partial charge in [0.1, 0.15) is 11.9 Å². The maximum atomic E-state index is 12.4. The molecule has 0 aliphatic heterocycles. The van der Waals surface area contributed by atoms with E-state index in [9.17, 15) is 13.2 Å². The highest BCUT2D eigenvalue weighted by molar-refractivity contribution is 7.89. The number of aryl methyl sites for hydroxylation is 2. The van der Waals surface area contributed by atoms with Crippen molar-refractivity contribution in [2.24, 2.45) is 0 Å². The van der Waals surface area contributed by atoms with Gasteiger partial charge in [-0.3, -0.25) is 4.79 Å². The minimum absolute atomic E-state index is 0.174. The highest BCUT2D eigenvalue weighted by atomic mass is 35.5. The summed E-state index contributed by atoms with van der Waals surface area (Å²) in [6, 6.07) is 11.5. The molecule has 162 valence electrons. The molecule has 0 saturated carbocycles. The van der Waals surface area contributed by atoms with E-state index in [-0.39, 0.29) is 22.2 Å². The molecule has 0 saturated heterocycles. The van der Waals surface area contributed by atoms with Crippen LogP contribution >= 0.6 is 11.6 Å². The summed E-state index contributed by atoms with van der Waals surface area (Å²) in [5.74, 6) is 0.483. The molecular weight excluding hydrogens is 438 g/mol. The number of aromatic nitrogens is 2. The molecule has 1 aromatic heterocycles. The van der Waals surface area contributed by atoms with Gasteiger partial charge in [-0.25, -0.2) is 17.7 Å². The van der Waals surface area contributed by atoms with E-state index in [1.54, 1.807) is 30.3 Å². The second kappa shape index (κ2) is 9.06. The molecule has 2 aromatic carbocycles. The Labute approximate surface area is 186 Å². The molecule has 0 aliphatic rings. The lowest BCUT2D eigenvalue weighted by Crippen LogP contribution is -2.22. The van der Waals surface area contributed by atoms with Gasteiger partial charge >= 0.3 is 0 Å². The maximum Gasteiger partial charge on any atom is 0.242 e. The molecule has 3 rings (SSSR count). The van der Waals surface area contributed by atoms with Crippen molar-refractivity contribution >= 4 is 44.3 Å². The summed E-state index contributed by atoms with van der Waals surface area (Å²) in [4.78, 5) is 17.1. The molecule has 0 unspecified atom stereocenters. The number of amides is 1. The van der Waals surface area contributed by atoms with Gasteiger partial charge in [0.15, 0.2) is 0 Å². The summed E-state index contributed by atoms with van der Waals surface area (Å²) in [6.45, 7) is 2.60. The number of hydrogen-bond donors (Lipinski definition) is 1. The zero-order valence-electron chi connectivity index (χ0n) is 17.4. The van der Waals surface area contributed by atoms with E-state index < -0.39 is 10.0 Å². The number of imidazole rings is 1. The van der Waals surface area contributed by atoms with E-state index in [4.69, 9.17) is 16.9 Å². The molecule has 1 amide bonds. The van der Waals surface area contributed by atoms with Crippen LogP contribution < -0.4 is 5.32 Å². The molecule has 0 atom stereocenters. The zero-order chi connectivity index (χ0) is 22.8. The number of nitrogens with zero attached hydrogens (tertiary/aromatic N) is 4.